The van der Waals surface area contributed by atoms with E-state index < -0.39 is 0 Å². The molecule has 1 aromatic heterocycles. The molecular weight excluding hydrogens is 280 g/mol. The number of amides is 1. The lowest BCUT2D eigenvalue weighted by molar-refractivity contribution is 0.102. The summed E-state index contributed by atoms with van der Waals surface area (Å²) in [5.41, 5.74) is 1.17. The number of carbonyl (C=O) groups excluding carboxylic acids is 1. The Bertz CT molecular complexity index is 589. The number of para-hydroxylation sites is 1. The van der Waals surface area contributed by atoms with E-state index >= 15 is 0 Å². The number of carbonyl (C=O) groups is 1. The maximum absolute atomic E-state index is 12.1. The van der Waals surface area contributed by atoms with Crippen LogP contribution in [0.3, 0.4) is 0 Å². The lowest BCUT2D eigenvalue weighted by atomic mass is 10.2. The van der Waals surface area contributed by atoms with Crippen LogP contribution in [0, 0.1) is 0 Å². The molecule has 0 fully saturated rings. The quantitative estimate of drug-likeness (QED) is 0.681. The Morgan fingerprint density at radius 2 is 2.11 bits per heavy atom. The summed E-state index contributed by atoms with van der Waals surface area (Å²) in [5.74, 6) is 0.697. The molecule has 1 aromatic carbocycles. The predicted molar refractivity (Wildman–Crippen MR) is 80.0 cm³/mol. The fraction of sp³-hybridized carbons (Fsp3) is 0.143. The van der Waals surface area contributed by atoms with Gasteiger partial charge in [0, 0.05) is 11.1 Å². The summed E-state index contributed by atoms with van der Waals surface area (Å²) in [6, 6.07) is 11.0. The van der Waals surface area contributed by atoms with Crippen molar-refractivity contribution in [2.45, 2.75) is 11.8 Å². The molecule has 1 N–H and O–H groups in total. The van der Waals surface area contributed by atoms with E-state index in [1.807, 2.05) is 24.3 Å². The number of aromatic nitrogens is 1. The van der Waals surface area contributed by atoms with E-state index in [2.05, 4.69) is 17.2 Å². The average Bonchev–Trinajstić information content (AvgIpc) is 2.41. The van der Waals surface area contributed by atoms with Crippen LogP contribution in [0.5, 0.6) is 0 Å². The number of hydrogen-bond acceptors (Lipinski definition) is 3. The maximum Gasteiger partial charge on any atom is 0.258 e. The van der Waals surface area contributed by atoms with Crippen LogP contribution in [0.25, 0.3) is 0 Å². The lowest BCUT2D eigenvalue weighted by Gasteiger charge is -2.10. The SMILES string of the molecule is CCSc1ccccc1NC(=O)c1cccnc1Cl. The van der Waals surface area contributed by atoms with Gasteiger partial charge in [0.1, 0.15) is 5.15 Å². The second-order valence-corrected chi connectivity index (χ2v) is 5.39. The smallest absolute Gasteiger partial charge is 0.258 e. The van der Waals surface area contributed by atoms with Crippen LogP contribution in [-0.4, -0.2) is 16.6 Å². The second-order valence-electron chi connectivity index (χ2n) is 3.73. The summed E-state index contributed by atoms with van der Waals surface area (Å²) >= 11 is 7.59. The van der Waals surface area contributed by atoms with Crippen LogP contribution in [0.15, 0.2) is 47.5 Å². The molecule has 2 aromatic rings. The first-order chi connectivity index (χ1) is 9.22. The standard InChI is InChI=1S/C14H13ClN2OS/c1-2-19-12-8-4-3-7-11(12)17-14(18)10-6-5-9-16-13(10)15/h3-9H,2H2,1H3,(H,17,18). The molecule has 0 unspecified atom stereocenters. The molecule has 98 valence electrons. The molecule has 0 aliphatic heterocycles. The van der Waals surface area contributed by atoms with Gasteiger partial charge in [-0.15, -0.1) is 11.8 Å². The van der Waals surface area contributed by atoms with E-state index in [9.17, 15) is 4.79 Å². The predicted octanol–water partition coefficient (Wildman–Crippen LogP) is 4.10. The molecule has 19 heavy (non-hydrogen) atoms. The molecule has 1 amide bonds. The molecule has 3 nitrogen and oxygen atoms in total. The summed E-state index contributed by atoms with van der Waals surface area (Å²) in [7, 11) is 0. The van der Waals surface area contributed by atoms with Crippen LogP contribution in [0.1, 0.15) is 17.3 Å². The number of rotatable bonds is 4. The van der Waals surface area contributed by atoms with Gasteiger partial charge < -0.3 is 5.32 Å². The average molecular weight is 293 g/mol. The first-order valence-corrected chi connectivity index (χ1v) is 7.22. The molecule has 1 heterocycles. The summed E-state index contributed by atoms with van der Waals surface area (Å²) in [4.78, 5) is 17.1. The van der Waals surface area contributed by atoms with Gasteiger partial charge in [-0.25, -0.2) is 4.98 Å². The van der Waals surface area contributed by atoms with Crippen molar-refractivity contribution < 1.29 is 4.79 Å². The molecule has 0 saturated heterocycles. The van der Waals surface area contributed by atoms with E-state index in [4.69, 9.17) is 11.6 Å². The summed E-state index contributed by atoms with van der Waals surface area (Å²) in [6.07, 6.45) is 1.56. The summed E-state index contributed by atoms with van der Waals surface area (Å²) < 4.78 is 0. The molecule has 0 saturated carbocycles. The molecule has 0 bridgehead atoms. The highest BCUT2D eigenvalue weighted by atomic mass is 35.5. The molecule has 5 heteroatoms. The van der Waals surface area contributed by atoms with Crippen molar-refractivity contribution in [3.8, 4) is 0 Å². The third-order valence-electron chi connectivity index (χ3n) is 2.44. The zero-order valence-electron chi connectivity index (χ0n) is 10.4. The van der Waals surface area contributed by atoms with Crippen LogP contribution < -0.4 is 5.32 Å². The van der Waals surface area contributed by atoms with Crippen molar-refractivity contribution in [1.29, 1.82) is 0 Å². The lowest BCUT2D eigenvalue weighted by Crippen LogP contribution is -2.13. The molecule has 2 rings (SSSR count). The minimum atomic E-state index is -0.248. The first kappa shape index (κ1) is 13.9. The van der Waals surface area contributed by atoms with Gasteiger partial charge in [0.2, 0.25) is 0 Å². The molecule has 0 atom stereocenters. The number of nitrogens with one attached hydrogen (secondary N) is 1. The third kappa shape index (κ3) is 3.49. The van der Waals surface area contributed by atoms with Gasteiger partial charge in [0.25, 0.3) is 5.91 Å². The van der Waals surface area contributed by atoms with Gasteiger partial charge in [-0.2, -0.15) is 0 Å². The largest absolute Gasteiger partial charge is 0.321 e. The minimum Gasteiger partial charge on any atom is -0.321 e. The highest BCUT2D eigenvalue weighted by Crippen LogP contribution is 2.27. The highest BCUT2D eigenvalue weighted by Gasteiger charge is 2.12. The Kier molecular flexibility index (Phi) is 4.82. The number of hydrogen-bond donors (Lipinski definition) is 1. The second kappa shape index (κ2) is 6.59. The summed E-state index contributed by atoms with van der Waals surface area (Å²) in [6.45, 7) is 2.07. The van der Waals surface area contributed by atoms with Gasteiger partial charge in [0.05, 0.1) is 11.3 Å². The Labute approximate surface area is 121 Å². The monoisotopic (exact) mass is 292 g/mol. The number of benzene rings is 1. The fourth-order valence-corrected chi connectivity index (χ4v) is 2.56. The van der Waals surface area contributed by atoms with Gasteiger partial charge in [-0.1, -0.05) is 30.7 Å². The van der Waals surface area contributed by atoms with Gasteiger partial charge in [-0.05, 0) is 30.0 Å². The van der Waals surface area contributed by atoms with Gasteiger partial charge in [-0.3, -0.25) is 4.79 Å². The number of pyridine rings is 1. The van der Waals surface area contributed by atoms with E-state index in [0.29, 0.717) is 5.56 Å². The molecule has 0 radical (unpaired) electrons. The van der Waals surface area contributed by atoms with E-state index in [1.54, 1.807) is 30.1 Å². The van der Waals surface area contributed by atoms with Crippen LogP contribution in [-0.2, 0) is 0 Å². The molecule has 0 aliphatic carbocycles. The van der Waals surface area contributed by atoms with Crippen molar-refractivity contribution in [1.82, 2.24) is 4.98 Å². The maximum atomic E-state index is 12.1. The number of thioether (sulfide) groups is 1. The van der Waals surface area contributed by atoms with Crippen molar-refractivity contribution in [2.24, 2.45) is 0 Å². The topological polar surface area (TPSA) is 42.0 Å². The number of nitrogens with zero attached hydrogens (tertiary/aromatic N) is 1. The zero-order valence-corrected chi connectivity index (χ0v) is 12.0. The molecular formula is C14H13ClN2OS. The molecule has 0 spiro atoms. The Balaban J connectivity index is 2.22. The van der Waals surface area contributed by atoms with Crippen molar-refractivity contribution in [3.05, 3.63) is 53.3 Å². The summed E-state index contributed by atoms with van der Waals surface area (Å²) in [5, 5.41) is 3.08. The van der Waals surface area contributed by atoms with E-state index in [-0.39, 0.29) is 11.1 Å². The third-order valence-corrected chi connectivity index (χ3v) is 3.70. The fourth-order valence-electron chi connectivity index (χ4n) is 1.60. The van der Waals surface area contributed by atoms with Gasteiger partial charge >= 0.3 is 0 Å². The Morgan fingerprint density at radius 3 is 2.84 bits per heavy atom. The Morgan fingerprint density at radius 1 is 1.32 bits per heavy atom. The minimum absolute atomic E-state index is 0.209. The van der Waals surface area contributed by atoms with Crippen LogP contribution in [0.4, 0.5) is 5.69 Å². The van der Waals surface area contributed by atoms with Crippen LogP contribution in [0.2, 0.25) is 5.15 Å². The zero-order chi connectivity index (χ0) is 13.7. The number of anilines is 1. The van der Waals surface area contributed by atoms with Crippen molar-refractivity contribution in [2.75, 3.05) is 11.1 Å². The molecule has 0 aliphatic rings. The normalized spacial score (nSPS) is 10.2. The number of halogens is 1. The first-order valence-electron chi connectivity index (χ1n) is 5.86. The van der Waals surface area contributed by atoms with Crippen LogP contribution >= 0.6 is 23.4 Å². The highest BCUT2D eigenvalue weighted by molar-refractivity contribution is 7.99. The van der Waals surface area contributed by atoms with E-state index in [1.165, 1.54) is 0 Å². The van der Waals surface area contributed by atoms with Crippen molar-refractivity contribution in [3.63, 3.8) is 0 Å². The van der Waals surface area contributed by atoms with Gasteiger partial charge in [0.15, 0.2) is 0 Å². The Hall–Kier alpha value is -1.52. The van der Waals surface area contributed by atoms with Crippen molar-refractivity contribution >= 4 is 35.0 Å². The van der Waals surface area contributed by atoms with E-state index in [0.717, 1.165) is 16.3 Å².